The van der Waals surface area contributed by atoms with Crippen molar-refractivity contribution in [3.05, 3.63) is 93.3 Å². The Hall–Kier alpha value is -3.11. The molecule has 1 aliphatic rings. The molecular formula is C24H24ClF2N5O2S. The van der Waals surface area contributed by atoms with E-state index in [0.29, 0.717) is 22.8 Å². The van der Waals surface area contributed by atoms with Gasteiger partial charge in [0.15, 0.2) is 5.82 Å². The maximum atomic E-state index is 14.5. The second-order valence-electron chi connectivity index (χ2n) is 8.56. The number of anilines is 1. The summed E-state index contributed by atoms with van der Waals surface area (Å²) < 4.78 is 59.6. The zero-order valence-corrected chi connectivity index (χ0v) is 21.0. The van der Waals surface area contributed by atoms with Crippen molar-refractivity contribution in [3.63, 3.8) is 0 Å². The third-order valence-electron chi connectivity index (χ3n) is 5.87. The van der Waals surface area contributed by atoms with Crippen LogP contribution in [0.5, 0.6) is 0 Å². The van der Waals surface area contributed by atoms with E-state index in [1.54, 1.807) is 25.3 Å². The molecule has 1 aliphatic carbocycles. The summed E-state index contributed by atoms with van der Waals surface area (Å²) >= 11 is 6.23. The Morgan fingerprint density at radius 2 is 1.89 bits per heavy atom. The monoisotopic (exact) mass is 519 g/mol. The first-order valence-electron chi connectivity index (χ1n) is 10.9. The van der Waals surface area contributed by atoms with Gasteiger partial charge in [0.1, 0.15) is 16.9 Å². The zero-order valence-electron chi connectivity index (χ0n) is 19.4. The number of aryl methyl sites for hydroxylation is 1. The number of nitrogens with zero attached hydrogens (tertiary/aromatic N) is 5. The van der Waals surface area contributed by atoms with Gasteiger partial charge in [-0.25, -0.2) is 21.9 Å². The van der Waals surface area contributed by atoms with E-state index in [1.807, 2.05) is 19.9 Å². The fourth-order valence-electron chi connectivity index (χ4n) is 4.17. The van der Waals surface area contributed by atoms with E-state index in [0.717, 1.165) is 23.3 Å². The lowest BCUT2D eigenvalue weighted by atomic mass is 10.0. The predicted octanol–water partition coefficient (Wildman–Crippen LogP) is 4.73. The molecule has 11 heteroatoms. The standard InChI is InChI=1S/C24H24ClF2N5O2S/c1-15-9-16(2)11-19(10-15)35(33,34)32(14-24-28-29-30-31(24)3)23-8-7-18(25)12-17(23)13-20-21(26)5-4-6-22(20)27/h4-10,12,19H,11,13-14H2,1-3H3. The van der Waals surface area contributed by atoms with Crippen molar-refractivity contribution in [1.29, 1.82) is 0 Å². The number of hydrogen-bond donors (Lipinski definition) is 0. The SMILES string of the molecule is CC1=CC(S(=O)(=O)N(Cc2nnnn2C)c2ccc(Cl)cc2Cc2c(F)cccc2F)CC(C)=C1. The molecule has 3 aromatic rings. The molecule has 0 amide bonds. The highest BCUT2D eigenvalue weighted by molar-refractivity contribution is 7.93. The summed E-state index contributed by atoms with van der Waals surface area (Å²) in [6.07, 6.45) is 3.77. The van der Waals surface area contributed by atoms with Crippen molar-refractivity contribution in [3.8, 4) is 0 Å². The minimum Gasteiger partial charge on any atom is -0.262 e. The van der Waals surface area contributed by atoms with E-state index in [4.69, 9.17) is 11.6 Å². The molecule has 0 saturated heterocycles. The van der Waals surface area contributed by atoms with E-state index < -0.39 is 26.9 Å². The van der Waals surface area contributed by atoms with Crippen molar-refractivity contribution in [1.82, 2.24) is 20.2 Å². The number of halogens is 3. The lowest BCUT2D eigenvalue weighted by molar-refractivity contribution is 0.561. The summed E-state index contributed by atoms with van der Waals surface area (Å²) in [7, 11) is -2.40. The molecule has 1 unspecified atom stereocenters. The van der Waals surface area contributed by atoms with Gasteiger partial charge in [-0.3, -0.25) is 4.31 Å². The van der Waals surface area contributed by atoms with Gasteiger partial charge in [-0.05, 0) is 66.6 Å². The molecule has 1 aromatic heterocycles. The lowest BCUT2D eigenvalue weighted by Gasteiger charge is -2.31. The quantitative estimate of drug-likeness (QED) is 0.450. The van der Waals surface area contributed by atoms with Gasteiger partial charge in [-0.1, -0.05) is 41.0 Å². The molecule has 4 rings (SSSR count). The normalized spacial score (nSPS) is 16.1. The van der Waals surface area contributed by atoms with Crippen LogP contribution in [-0.2, 0) is 30.0 Å². The first kappa shape index (κ1) is 25.0. The molecule has 1 heterocycles. The minimum absolute atomic E-state index is 0.174. The van der Waals surface area contributed by atoms with Gasteiger partial charge in [0.25, 0.3) is 0 Å². The number of benzene rings is 2. The zero-order chi connectivity index (χ0) is 25.3. The topological polar surface area (TPSA) is 81.0 Å². The molecule has 2 aromatic carbocycles. The lowest BCUT2D eigenvalue weighted by Crippen LogP contribution is -2.39. The van der Waals surface area contributed by atoms with Crippen LogP contribution in [0.4, 0.5) is 14.5 Å². The molecule has 35 heavy (non-hydrogen) atoms. The van der Waals surface area contributed by atoms with Gasteiger partial charge in [0.2, 0.25) is 10.0 Å². The molecule has 184 valence electrons. The first-order valence-corrected chi connectivity index (χ1v) is 12.7. The smallest absolute Gasteiger partial charge is 0.242 e. The third kappa shape index (κ3) is 5.28. The molecule has 7 nitrogen and oxygen atoms in total. The van der Waals surface area contributed by atoms with Crippen LogP contribution in [-0.4, -0.2) is 33.9 Å². The van der Waals surface area contributed by atoms with E-state index in [1.165, 1.54) is 21.1 Å². The van der Waals surface area contributed by atoms with E-state index in [-0.39, 0.29) is 24.2 Å². The Bertz CT molecular complexity index is 1420. The predicted molar refractivity (Wildman–Crippen MR) is 130 cm³/mol. The summed E-state index contributed by atoms with van der Waals surface area (Å²) in [5, 5.41) is 10.8. The molecule has 0 saturated carbocycles. The number of tetrazole rings is 1. The first-order chi connectivity index (χ1) is 16.6. The minimum atomic E-state index is -4.01. The van der Waals surface area contributed by atoms with Crippen LogP contribution in [0, 0.1) is 11.6 Å². The van der Waals surface area contributed by atoms with Crippen LogP contribution >= 0.6 is 11.6 Å². The summed E-state index contributed by atoms with van der Waals surface area (Å²) in [5.74, 6) is -1.15. The highest BCUT2D eigenvalue weighted by atomic mass is 35.5. The van der Waals surface area contributed by atoms with Crippen LogP contribution in [0.2, 0.25) is 5.02 Å². The number of hydrogen-bond acceptors (Lipinski definition) is 5. The average molecular weight is 520 g/mol. The highest BCUT2D eigenvalue weighted by Gasteiger charge is 2.35. The fraction of sp³-hybridized carbons (Fsp3) is 0.292. The number of aromatic nitrogens is 4. The van der Waals surface area contributed by atoms with E-state index >= 15 is 0 Å². The maximum Gasteiger partial charge on any atom is 0.242 e. The number of sulfonamides is 1. The van der Waals surface area contributed by atoms with Crippen molar-refractivity contribution >= 4 is 27.3 Å². The summed E-state index contributed by atoms with van der Waals surface area (Å²) in [6, 6.07) is 8.20. The van der Waals surface area contributed by atoms with Gasteiger partial charge in [0, 0.05) is 24.1 Å². The Morgan fingerprint density at radius 3 is 2.51 bits per heavy atom. The molecular weight excluding hydrogens is 496 g/mol. The molecule has 0 fully saturated rings. The average Bonchev–Trinajstić information content (AvgIpc) is 3.19. The number of allylic oxidation sites excluding steroid dienone is 3. The van der Waals surface area contributed by atoms with Crippen molar-refractivity contribution < 1.29 is 17.2 Å². The van der Waals surface area contributed by atoms with E-state index in [9.17, 15) is 17.2 Å². The highest BCUT2D eigenvalue weighted by Crippen LogP contribution is 2.34. The summed E-state index contributed by atoms with van der Waals surface area (Å²) in [6.45, 7) is 3.55. The van der Waals surface area contributed by atoms with Crippen molar-refractivity contribution in [2.45, 2.75) is 38.5 Å². The fourth-order valence-corrected chi connectivity index (χ4v) is 6.30. The Kier molecular flexibility index (Phi) is 7.05. The largest absolute Gasteiger partial charge is 0.262 e. The Morgan fingerprint density at radius 1 is 1.17 bits per heavy atom. The van der Waals surface area contributed by atoms with Crippen molar-refractivity contribution in [2.24, 2.45) is 7.05 Å². The van der Waals surface area contributed by atoms with E-state index in [2.05, 4.69) is 15.5 Å². The van der Waals surface area contributed by atoms with Gasteiger partial charge < -0.3 is 0 Å². The number of rotatable bonds is 7. The van der Waals surface area contributed by atoms with Crippen LogP contribution in [0.3, 0.4) is 0 Å². The third-order valence-corrected chi connectivity index (χ3v) is 8.11. The van der Waals surface area contributed by atoms with Crippen LogP contribution in [0.25, 0.3) is 0 Å². The van der Waals surface area contributed by atoms with Gasteiger partial charge in [-0.2, -0.15) is 0 Å². The van der Waals surface area contributed by atoms with Crippen molar-refractivity contribution in [2.75, 3.05) is 4.31 Å². The Labute approximate surface area is 207 Å². The van der Waals surface area contributed by atoms with Crippen LogP contribution in [0.15, 0.2) is 59.7 Å². The summed E-state index contributed by atoms with van der Waals surface area (Å²) in [4.78, 5) is 0. The molecule has 1 atom stereocenters. The maximum absolute atomic E-state index is 14.5. The van der Waals surface area contributed by atoms with Crippen LogP contribution in [0.1, 0.15) is 37.2 Å². The van der Waals surface area contributed by atoms with Gasteiger partial charge in [-0.15, -0.1) is 5.10 Å². The molecule has 0 aliphatic heterocycles. The molecule has 0 N–H and O–H groups in total. The molecule has 0 bridgehead atoms. The Balaban J connectivity index is 1.86. The van der Waals surface area contributed by atoms with Gasteiger partial charge >= 0.3 is 0 Å². The summed E-state index contributed by atoms with van der Waals surface area (Å²) in [5.41, 5.74) is 2.19. The second-order valence-corrected chi connectivity index (χ2v) is 11.1. The van der Waals surface area contributed by atoms with Crippen LogP contribution < -0.4 is 4.31 Å². The molecule has 0 spiro atoms. The second kappa shape index (κ2) is 9.87. The molecule has 0 radical (unpaired) electrons. The van der Waals surface area contributed by atoms with Gasteiger partial charge in [0.05, 0.1) is 12.2 Å².